The van der Waals surface area contributed by atoms with Gasteiger partial charge in [-0.2, -0.15) is 0 Å². The number of hydrogen-bond acceptors (Lipinski definition) is 4. The first kappa shape index (κ1) is 19.8. The minimum absolute atomic E-state index is 0.0146. The van der Waals surface area contributed by atoms with Crippen LogP contribution in [0.4, 0.5) is 0 Å². The van der Waals surface area contributed by atoms with Gasteiger partial charge in [0.2, 0.25) is 5.91 Å². The lowest BCUT2D eigenvalue weighted by Crippen LogP contribution is -2.27. The van der Waals surface area contributed by atoms with Crippen LogP contribution >= 0.6 is 0 Å². The molecule has 148 valence electrons. The maximum Gasteiger partial charge on any atom is 0.224 e. The maximum absolute atomic E-state index is 12.3. The first-order chi connectivity index (χ1) is 13.6. The van der Waals surface area contributed by atoms with Crippen LogP contribution < -0.4 is 14.8 Å². The van der Waals surface area contributed by atoms with Crippen molar-refractivity contribution in [1.82, 2.24) is 5.32 Å². The number of nitrogens with one attached hydrogen (secondary N) is 1. The van der Waals surface area contributed by atoms with Gasteiger partial charge in [0.15, 0.2) is 11.5 Å². The van der Waals surface area contributed by atoms with Crippen LogP contribution in [-0.4, -0.2) is 25.7 Å². The Hall–Kier alpha value is -2.95. The van der Waals surface area contributed by atoms with E-state index in [1.807, 2.05) is 57.2 Å². The van der Waals surface area contributed by atoms with Crippen molar-refractivity contribution in [1.29, 1.82) is 0 Å². The standard InChI is InChI=1S/C23H27NO4/c1-4-26-20-9-7-17(13-22(20)27-5-2)10-11-24-23(25)14-18-15-28-21-12-16(3)6-8-19(18)21/h6-9,12-13,15H,4-5,10-11,14H2,1-3H3,(H,24,25). The molecule has 3 aromatic rings. The second-order valence-corrected chi connectivity index (χ2v) is 6.68. The predicted octanol–water partition coefficient (Wildman–Crippen LogP) is 4.44. The van der Waals surface area contributed by atoms with Crippen LogP contribution in [0.15, 0.2) is 47.1 Å². The molecule has 5 heteroatoms. The highest BCUT2D eigenvalue weighted by Crippen LogP contribution is 2.28. The molecule has 0 saturated heterocycles. The zero-order valence-electron chi connectivity index (χ0n) is 16.7. The van der Waals surface area contributed by atoms with Gasteiger partial charge in [-0.1, -0.05) is 18.2 Å². The lowest BCUT2D eigenvalue weighted by atomic mass is 10.1. The van der Waals surface area contributed by atoms with Gasteiger partial charge in [0.05, 0.1) is 25.9 Å². The normalized spacial score (nSPS) is 10.8. The highest BCUT2D eigenvalue weighted by Gasteiger charge is 2.11. The van der Waals surface area contributed by atoms with Crippen LogP contribution in [0.5, 0.6) is 11.5 Å². The number of ether oxygens (including phenoxy) is 2. The van der Waals surface area contributed by atoms with E-state index in [4.69, 9.17) is 13.9 Å². The molecule has 0 aliphatic rings. The van der Waals surface area contributed by atoms with Crippen LogP contribution in [0.2, 0.25) is 0 Å². The third-order valence-electron chi connectivity index (χ3n) is 4.51. The summed E-state index contributed by atoms with van der Waals surface area (Å²) in [5, 5.41) is 3.98. The van der Waals surface area contributed by atoms with E-state index in [0.29, 0.717) is 26.2 Å². The smallest absolute Gasteiger partial charge is 0.224 e. The molecule has 0 spiro atoms. The van der Waals surface area contributed by atoms with Crippen LogP contribution in [0.3, 0.4) is 0 Å². The van der Waals surface area contributed by atoms with Crippen LogP contribution in [0, 0.1) is 6.92 Å². The molecular weight excluding hydrogens is 354 g/mol. The molecule has 0 radical (unpaired) electrons. The zero-order valence-corrected chi connectivity index (χ0v) is 16.7. The fourth-order valence-corrected chi connectivity index (χ4v) is 3.16. The molecule has 0 atom stereocenters. The molecule has 1 aromatic heterocycles. The summed E-state index contributed by atoms with van der Waals surface area (Å²) in [6, 6.07) is 11.9. The third kappa shape index (κ3) is 4.85. The summed E-state index contributed by atoms with van der Waals surface area (Å²) in [5.74, 6) is 1.48. The van der Waals surface area contributed by atoms with E-state index in [2.05, 4.69) is 5.32 Å². The molecule has 28 heavy (non-hydrogen) atoms. The summed E-state index contributed by atoms with van der Waals surface area (Å²) in [4.78, 5) is 12.3. The minimum Gasteiger partial charge on any atom is -0.490 e. The second kappa shape index (κ2) is 9.31. The van der Waals surface area contributed by atoms with Crippen molar-refractivity contribution >= 4 is 16.9 Å². The van der Waals surface area contributed by atoms with Crippen molar-refractivity contribution in [2.45, 2.75) is 33.6 Å². The van der Waals surface area contributed by atoms with E-state index < -0.39 is 0 Å². The lowest BCUT2D eigenvalue weighted by molar-refractivity contribution is -0.120. The molecule has 0 unspecified atom stereocenters. The molecule has 1 amide bonds. The number of rotatable bonds is 9. The summed E-state index contributed by atoms with van der Waals surface area (Å²) in [6.45, 7) is 7.66. The molecule has 2 aromatic carbocycles. The second-order valence-electron chi connectivity index (χ2n) is 6.68. The Morgan fingerprint density at radius 1 is 1.04 bits per heavy atom. The quantitative estimate of drug-likeness (QED) is 0.595. The van der Waals surface area contributed by atoms with Crippen molar-refractivity contribution in [3.8, 4) is 11.5 Å². The molecule has 1 heterocycles. The molecule has 1 N–H and O–H groups in total. The summed E-state index contributed by atoms with van der Waals surface area (Å²) in [6.07, 6.45) is 2.71. The average molecular weight is 381 g/mol. The predicted molar refractivity (Wildman–Crippen MR) is 110 cm³/mol. The van der Waals surface area contributed by atoms with Gasteiger partial charge in [0.25, 0.3) is 0 Å². The molecule has 0 fully saturated rings. The molecule has 0 bridgehead atoms. The van der Waals surface area contributed by atoms with E-state index >= 15 is 0 Å². The Kier molecular flexibility index (Phi) is 6.58. The molecular formula is C23H27NO4. The van der Waals surface area contributed by atoms with Crippen molar-refractivity contribution in [2.24, 2.45) is 0 Å². The summed E-state index contributed by atoms with van der Waals surface area (Å²) in [5.41, 5.74) is 3.96. The van der Waals surface area contributed by atoms with E-state index in [0.717, 1.165) is 45.6 Å². The summed E-state index contributed by atoms with van der Waals surface area (Å²) in [7, 11) is 0. The molecule has 3 rings (SSSR count). The molecule has 5 nitrogen and oxygen atoms in total. The Labute approximate surface area is 165 Å². The van der Waals surface area contributed by atoms with E-state index in [-0.39, 0.29) is 5.91 Å². The third-order valence-corrected chi connectivity index (χ3v) is 4.51. The zero-order chi connectivity index (χ0) is 19.9. The highest BCUT2D eigenvalue weighted by molar-refractivity contribution is 5.87. The number of aryl methyl sites for hydroxylation is 1. The van der Waals surface area contributed by atoms with Gasteiger partial charge in [0.1, 0.15) is 5.58 Å². The monoisotopic (exact) mass is 381 g/mol. The number of carbonyl (C=O) groups is 1. The van der Waals surface area contributed by atoms with E-state index in [1.54, 1.807) is 6.26 Å². The average Bonchev–Trinajstić information content (AvgIpc) is 3.06. The SMILES string of the molecule is CCOc1ccc(CCNC(=O)Cc2coc3cc(C)ccc23)cc1OCC. The fraction of sp³-hybridized carbons (Fsp3) is 0.348. The van der Waals surface area contributed by atoms with Crippen molar-refractivity contribution in [3.63, 3.8) is 0 Å². The number of amides is 1. The van der Waals surface area contributed by atoms with Crippen LogP contribution in [0.25, 0.3) is 11.0 Å². The summed E-state index contributed by atoms with van der Waals surface area (Å²) >= 11 is 0. The first-order valence-electron chi connectivity index (χ1n) is 9.72. The van der Waals surface area contributed by atoms with E-state index in [1.165, 1.54) is 0 Å². The van der Waals surface area contributed by atoms with Gasteiger partial charge in [-0.15, -0.1) is 0 Å². The number of carbonyl (C=O) groups excluding carboxylic acids is 1. The van der Waals surface area contributed by atoms with Gasteiger partial charge in [-0.25, -0.2) is 0 Å². The fourth-order valence-electron chi connectivity index (χ4n) is 3.16. The maximum atomic E-state index is 12.3. The van der Waals surface area contributed by atoms with Gasteiger partial charge < -0.3 is 19.2 Å². The molecule has 0 aliphatic heterocycles. The highest BCUT2D eigenvalue weighted by atomic mass is 16.5. The van der Waals surface area contributed by atoms with Crippen molar-refractivity contribution in [3.05, 3.63) is 59.4 Å². The largest absolute Gasteiger partial charge is 0.490 e. The number of fused-ring (bicyclic) bond motifs is 1. The van der Waals surface area contributed by atoms with Gasteiger partial charge in [0, 0.05) is 17.5 Å². The Morgan fingerprint density at radius 3 is 2.61 bits per heavy atom. The topological polar surface area (TPSA) is 60.7 Å². The Bertz CT molecular complexity index is 945. The first-order valence-corrected chi connectivity index (χ1v) is 9.72. The molecule has 0 aliphatic carbocycles. The summed E-state index contributed by atoms with van der Waals surface area (Å²) < 4.78 is 16.8. The van der Waals surface area contributed by atoms with Crippen molar-refractivity contribution in [2.75, 3.05) is 19.8 Å². The number of benzene rings is 2. The Balaban J connectivity index is 1.55. The van der Waals surface area contributed by atoms with Gasteiger partial charge in [-0.05, 0) is 56.5 Å². The van der Waals surface area contributed by atoms with Gasteiger partial charge in [-0.3, -0.25) is 4.79 Å². The van der Waals surface area contributed by atoms with E-state index in [9.17, 15) is 4.79 Å². The molecule has 0 saturated carbocycles. The van der Waals surface area contributed by atoms with Gasteiger partial charge >= 0.3 is 0 Å². The van der Waals surface area contributed by atoms with Crippen molar-refractivity contribution < 1.29 is 18.7 Å². The number of furan rings is 1. The van der Waals surface area contributed by atoms with Crippen LogP contribution in [-0.2, 0) is 17.6 Å². The minimum atomic E-state index is -0.0146. The number of hydrogen-bond donors (Lipinski definition) is 1. The Morgan fingerprint density at radius 2 is 1.82 bits per heavy atom. The van der Waals surface area contributed by atoms with Crippen LogP contribution in [0.1, 0.15) is 30.5 Å². The lowest BCUT2D eigenvalue weighted by Gasteiger charge is -2.12.